The van der Waals surface area contributed by atoms with Crippen molar-refractivity contribution in [2.75, 3.05) is 17.6 Å². The summed E-state index contributed by atoms with van der Waals surface area (Å²) in [7, 11) is -3.48. The summed E-state index contributed by atoms with van der Waals surface area (Å²) < 4.78 is 24.5. The van der Waals surface area contributed by atoms with Crippen molar-refractivity contribution in [1.29, 1.82) is 0 Å². The molecule has 2 aromatic carbocycles. The molecule has 1 atom stereocenters. The number of hydrogen-bond acceptors (Lipinski definition) is 4. The predicted molar refractivity (Wildman–Crippen MR) is 109 cm³/mol. The highest BCUT2D eigenvalue weighted by Gasteiger charge is 2.24. The van der Waals surface area contributed by atoms with E-state index in [0.29, 0.717) is 5.69 Å². The minimum atomic E-state index is -3.48. The second-order valence-electron chi connectivity index (χ2n) is 6.61. The average Bonchev–Trinajstić information content (AvgIpc) is 2.67. The molecule has 0 radical (unpaired) electrons. The second kappa shape index (κ2) is 9.89. The van der Waals surface area contributed by atoms with E-state index in [-0.39, 0.29) is 23.1 Å². The number of benzene rings is 2. The standard InChI is InChI=1S/C20H25N3O4S/c1-15(2)18(23-20(25)22-16-9-5-3-6-10-16)19(24)21-13-14-28(26,27)17-11-7-4-8-12-17/h3-12,15,18H,13-14H2,1-2H3,(H,21,24)(H2,22,23,25). The third kappa shape index (κ3) is 6.38. The average molecular weight is 404 g/mol. The molecule has 0 bridgehead atoms. The molecule has 0 saturated heterocycles. The maximum absolute atomic E-state index is 12.4. The van der Waals surface area contributed by atoms with Crippen molar-refractivity contribution in [3.8, 4) is 0 Å². The van der Waals surface area contributed by atoms with Crippen LogP contribution in [0.1, 0.15) is 13.8 Å². The molecular formula is C20H25N3O4S. The molecule has 3 amide bonds. The fourth-order valence-electron chi connectivity index (χ4n) is 2.53. The van der Waals surface area contributed by atoms with Crippen LogP contribution in [0.25, 0.3) is 0 Å². The molecular weight excluding hydrogens is 378 g/mol. The summed E-state index contributed by atoms with van der Waals surface area (Å²) in [6, 6.07) is 15.6. The van der Waals surface area contributed by atoms with E-state index >= 15 is 0 Å². The van der Waals surface area contributed by atoms with Crippen LogP contribution in [-0.4, -0.2) is 38.7 Å². The molecule has 1 unspecified atom stereocenters. The molecule has 0 aliphatic heterocycles. The summed E-state index contributed by atoms with van der Waals surface area (Å²) >= 11 is 0. The third-order valence-electron chi connectivity index (χ3n) is 4.04. The maximum Gasteiger partial charge on any atom is 0.319 e. The number of rotatable bonds is 8. The van der Waals surface area contributed by atoms with Gasteiger partial charge in [-0.2, -0.15) is 0 Å². The minimum absolute atomic E-state index is 0.0404. The number of hydrogen-bond donors (Lipinski definition) is 3. The topological polar surface area (TPSA) is 104 Å². The Hall–Kier alpha value is -2.87. The van der Waals surface area contributed by atoms with Crippen LogP contribution in [0.5, 0.6) is 0 Å². The lowest BCUT2D eigenvalue weighted by molar-refractivity contribution is -0.123. The Labute approximate surface area is 165 Å². The van der Waals surface area contributed by atoms with Crippen LogP contribution in [0, 0.1) is 5.92 Å². The predicted octanol–water partition coefficient (Wildman–Crippen LogP) is 2.42. The fraction of sp³-hybridized carbons (Fsp3) is 0.300. The highest BCUT2D eigenvalue weighted by Crippen LogP contribution is 2.10. The Kier molecular flexibility index (Phi) is 7.57. The van der Waals surface area contributed by atoms with Gasteiger partial charge in [0.2, 0.25) is 5.91 Å². The molecule has 28 heavy (non-hydrogen) atoms. The zero-order valence-corrected chi connectivity index (χ0v) is 16.7. The van der Waals surface area contributed by atoms with E-state index < -0.39 is 27.8 Å². The van der Waals surface area contributed by atoms with Crippen molar-refractivity contribution in [3.63, 3.8) is 0 Å². The van der Waals surface area contributed by atoms with Gasteiger partial charge in [0.1, 0.15) is 6.04 Å². The molecule has 8 heteroatoms. The summed E-state index contributed by atoms with van der Waals surface area (Å²) in [4.78, 5) is 24.8. The Morgan fingerprint density at radius 1 is 0.929 bits per heavy atom. The third-order valence-corrected chi connectivity index (χ3v) is 5.77. The summed E-state index contributed by atoms with van der Waals surface area (Å²) in [5.41, 5.74) is 0.608. The lowest BCUT2D eigenvalue weighted by Crippen LogP contribution is -2.51. The van der Waals surface area contributed by atoms with Crippen LogP contribution in [0.3, 0.4) is 0 Å². The largest absolute Gasteiger partial charge is 0.353 e. The van der Waals surface area contributed by atoms with E-state index in [4.69, 9.17) is 0 Å². The minimum Gasteiger partial charge on any atom is -0.353 e. The second-order valence-corrected chi connectivity index (χ2v) is 8.72. The quantitative estimate of drug-likeness (QED) is 0.630. The van der Waals surface area contributed by atoms with Crippen molar-refractivity contribution in [3.05, 3.63) is 60.7 Å². The number of urea groups is 1. The Bertz CT molecular complexity index is 884. The molecule has 0 spiro atoms. The molecule has 2 aromatic rings. The van der Waals surface area contributed by atoms with Gasteiger partial charge in [0.05, 0.1) is 10.6 Å². The van der Waals surface area contributed by atoms with Gasteiger partial charge in [-0.05, 0) is 30.2 Å². The van der Waals surface area contributed by atoms with Crippen molar-refractivity contribution in [2.24, 2.45) is 5.92 Å². The SMILES string of the molecule is CC(C)C(NC(=O)Nc1ccccc1)C(=O)NCCS(=O)(=O)c1ccccc1. The first-order chi connectivity index (χ1) is 13.3. The first-order valence-electron chi connectivity index (χ1n) is 8.97. The van der Waals surface area contributed by atoms with Crippen LogP contribution in [-0.2, 0) is 14.6 Å². The lowest BCUT2D eigenvalue weighted by Gasteiger charge is -2.22. The highest BCUT2D eigenvalue weighted by atomic mass is 32.2. The lowest BCUT2D eigenvalue weighted by atomic mass is 10.0. The van der Waals surface area contributed by atoms with Gasteiger partial charge in [-0.15, -0.1) is 0 Å². The number of para-hydroxylation sites is 1. The van der Waals surface area contributed by atoms with Crippen molar-refractivity contribution < 1.29 is 18.0 Å². The maximum atomic E-state index is 12.4. The van der Waals surface area contributed by atoms with Gasteiger partial charge < -0.3 is 16.0 Å². The van der Waals surface area contributed by atoms with Crippen LogP contribution in [0.4, 0.5) is 10.5 Å². The molecule has 0 aliphatic carbocycles. The summed E-state index contributed by atoms with van der Waals surface area (Å²) in [6.45, 7) is 3.56. The zero-order chi connectivity index (χ0) is 20.6. The van der Waals surface area contributed by atoms with Gasteiger partial charge in [0.15, 0.2) is 9.84 Å². The van der Waals surface area contributed by atoms with Crippen molar-refractivity contribution >= 4 is 27.5 Å². The summed E-state index contributed by atoms with van der Waals surface area (Å²) in [6.07, 6.45) is 0. The van der Waals surface area contributed by atoms with E-state index in [9.17, 15) is 18.0 Å². The fourth-order valence-corrected chi connectivity index (χ4v) is 3.71. The number of carbonyl (C=O) groups is 2. The number of anilines is 1. The monoisotopic (exact) mass is 403 g/mol. The van der Waals surface area contributed by atoms with Gasteiger partial charge >= 0.3 is 6.03 Å². The van der Waals surface area contributed by atoms with Crippen molar-refractivity contribution in [1.82, 2.24) is 10.6 Å². The van der Waals surface area contributed by atoms with Gasteiger partial charge in [-0.3, -0.25) is 4.79 Å². The number of amides is 3. The Morgan fingerprint density at radius 3 is 2.07 bits per heavy atom. The number of sulfone groups is 1. The molecule has 0 aromatic heterocycles. The Morgan fingerprint density at radius 2 is 1.50 bits per heavy atom. The smallest absolute Gasteiger partial charge is 0.319 e. The van der Waals surface area contributed by atoms with Crippen molar-refractivity contribution in [2.45, 2.75) is 24.8 Å². The molecule has 0 aliphatic rings. The molecule has 2 rings (SSSR count). The van der Waals surface area contributed by atoms with E-state index in [0.717, 1.165) is 0 Å². The van der Waals surface area contributed by atoms with E-state index in [1.807, 2.05) is 6.07 Å². The van der Waals surface area contributed by atoms with Gasteiger partial charge in [-0.25, -0.2) is 13.2 Å². The first-order valence-corrected chi connectivity index (χ1v) is 10.6. The molecule has 7 nitrogen and oxygen atoms in total. The highest BCUT2D eigenvalue weighted by molar-refractivity contribution is 7.91. The van der Waals surface area contributed by atoms with Gasteiger partial charge in [0.25, 0.3) is 0 Å². The first kappa shape index (κ1) is 21.4. The van der Waals surface area contributed by atoms with Gasteiger partial charge in [-0.1, -0.05) is 50.2 Å². The zero-order valence-electron chi connectivity index (χ0n) is 15.9. The van der Waals surface area contributed by atoms with Crippen LogP contribution in [0.2, 0.25) is 0 Å². The number of carbonyl (C=O) groups excluding carboxylic acids is 2. The molecule has 0 heterocycles. The van der Waals surface area contributed by atoms with Gasteiger partial charge in [0, 0.05) is 12.2 Å². The normalized spacial score (nSPS) is 12.2. The van der Waals surface area contributed by atoms with Crippen LogP contribution in [0.15, 0.2) is 65.6 Å². The summed E-state index contributed by atoms with van der Waals surface area (Å²) in [5, 5.41) is 7.89. The van der Waals surface area contributed by atoms with Crippen LogP contribution >= 0.6 is 0 Å². The van der Waals surface area contributed by atoms with E-state index in [1.165, 1.54) is 12.1 Å². The number of nitrogens with one attached hydrogen (secondary N) is 3. The molecule has 150 valence electrons. The van der Waals surface area contributed by atoms with Crippen LogP contribution < -0.4 is 16.0 Å². The molecule has 0 saturated carbocycles. The van der Waals surface area contributed by atoms with E-state index in [1.54, 1.807) is 56.3 Å². The Balaban J connectivity index is 1.89. The van der Waals surface area contributed by atoms with E-state index in [2.05, 4.69) is 16.0 Å². The molecule has 3 N–H and O–H groups in total. The summed E-state index contributed by atoms with van der Waals surface area (Å²) in [5.74, 6) is -0.822. The molecule has 0 fully saturated rings.